The van der Waals surface area contributed by atoms with Crippen LogP contribution in [0.15, 0.2) is 27.6 Å². The van der Waals surface area contributed by atoms with E-state index >= 15 is 0 Å². The number of furan rings is 1. The predicted octanol–water partition coefficient (Wildman–Crippen LogP) is 1.17. The molecule has 2 heterocycles. The Morgan fingerprint density at radius 2 is 2.29 bits per heavy atom. The first-order chi connectivity index (χ1) is 8.15. The van der Waals surface area contributed by atoms with Crippen molar-refractivity contribution in [1.29, 1.82) is 0 Å². The molecule has 2 N–H and O–H groups in total. The van der Waals surface area contributed by atoms with Crippen molar-refractivity contribution in [1.82, 2.24) is 15.2 Å². The van der Waals surface area contributed by atoms with Gasteiger partial charge in [-0.2, -0.15) is 0 Å². The molecule has 0 aliphatic rings. The van der Waals surface area contributed by atoms with Gasteiger partial charge in [-0.3, -0.25) is 9.78 Å². The standard InChI is InChI=1S/C11H14N4O2/c1-7(2)12-11-13-10(16)9(14-15-11)6-8-4-3-5-17-8/h3-5,7H,6H2,1-2H3,(H2,12,13,15,16). The van der Waals surface area contributed by atoms with Crippen LogP contribution in [0.4, 0.5) is 5.95 Å². The second-order valence-corrected chi connectivity index (χ2v) is 4.00. The lowest BCUT2D eigenvalue weighted by atomic mass is 10.2. The van der Waals surface area contributed by atoms with Crippen molar-refractivity contribution in [3.8, 4) is 0 Å². The zero-order valence-electron chi connectivity index (χ0n) is 9.73. The molecular weight excluding hydrogens is 220 g/mol. The van der Waals surface area contributed by atoms with Gasteiger partial charge in [0.25, 0.3) is 5.56 Å². The Hall–Kier alpha value is -2.11. The first kappa shape index (κ1) is 11.4. The molecule has 0 aliphatic heterocycles. The second kappa shape index (κ2) is 4.82. The van der Waals surface area contributed by atoms with Gasteiger partial charge in [-0.1, -0.05) is 0 Å². The van der Waals surface area contributed by atoms with Gasteiger partial charge >= 0.3 is 0 Å². The molecule has 2 aromatic rings. The first-order valence-corrected chi connectivity index (χ1v) is 5.40. The van der Waals surface area contributed by atoms with Gasteiger partial charge in [0.2, 0.25) is 5.95 Å². The van der Waals surface area contributed by atoms with Crippen LogP contribution >= 0.6 is 0 Å². The molecule has 0 radical (unpaired) electrons. The van der Waals surface area contributed by atoms with Gasteiger partial charge in [-0.25, -0.2) is 0 Å². The smallest absolute Gasteiger partial charge is 0.274 e. The van der Waals surface area contributed by atoms with Crippen LogP contribution in [0.5, 0.6) is 0 Å². The Kier molecular flexibility index (Phi) is 3.22. The maximum absolute atomic E-state index is 11.7. The highest BCUT2D eigenvalue weighted by molar-refractivity contribution is 5.23. The Morgan fingerprint density at radius 3 is 2.88 bits per heavy atom. The highest BCUT2D eigenvalue weighted by Gasteiger charge is 2.07. The Balaban J connectivity index is 2.17. The summed E-state index contributed by atoms with van der Waals surface area (Å²) in [6.07, 6.45) is 1.91. The number of rotatable bonds is 4. The fourth-order valence-corrected chi connectivity index (χ4v) is 1.39. The molecule has 6 nitrogen and oxygen atoms in total. The summed E-state index contributed by atoms with van der Waals surface area (Å²) in [4.78, 5) is 14.3. The number of hydrogen-bond donors (Lipinski definition) is 2. The summed E-state index contributed by atoms with van der Waals surface area (Å²) in [7, 11) is 0. The zero-order chi connectivity index (χ0) is 12.3. The average molecular weight is 234 g/mol. The van der Waals surface area contributed by atoms with Crippen molar-refractivity contribution in [3.63, 3.8) is 0 Å². The summed E-state index contributed by atoms with van der Waals surface area (Å²) in [6, 6.07) is 3.75. The largest absolute Gasteiger partial charge is 0.469 e. The molecule has 0 spiro atoms. The van der Waals surface area contributed by atoms with Gasteiger partial charge in [-0.05, 0) is 26.0 Å². The van der Waals surface area contributed by atoms with Crippen molar-refractivity contribution < 1.29 is 4.42 Å². The summed E-state index contributed by atoms with van der Waals surface area (Å²) in [5.74, 6) is 1.07. The normalized spacial score (nSPS) is 10.8. The van der Waals surface area contributed by atoms with E-state index in [1.54, 1.807) is 18.4 Å². The van der Waals surface area contributed by atoms with E-state index < -0.39 is 0 Å². The van der Waals surface area contributed by atoms with E-state index in [1.165, 1.54) is 0 Å². The van der Waals surface area contributed by atoms with E-state index in [9.17, 15) is 4.79 Å². The average Bonchev–Trinajstić information content (AvgIpc) is 2.74. The van der Waals surface area contributed by atoms with E-state index in [1.807, 2.05) is 13.8 Å². The quantitative estimate of drug-likeness (QED) is 0.829. The number of nitrogens with zero attached hydrogens (tertiary/aromatic N) is 2. The Morgan fingerprint density at radius 1 is 1.47 bits per heavy atom. The predicted molar refractivity (Wildman–Crippen MR) is 62.9 cm³/mol. The van der Waals surface area contributed by atoms with E-state index in [2.05, 4.69) is 20.5 Å². The molecule has 0 aromatic carbocycles. The number of H-pyrrole nitrogens is 1. The maximum atomic E-state index is 11.7. The molecule has 0 amide bonds. The molecule has 90 valence electrons. The summed E-state index contributed by atoms with van der Waals surface area (Å²) >= 11 is 0. The van der Waals surface area contributed by atoms with E-state index in [0.717, 1.165) is 0 Å². The first-order valence-electron chi connectivity index (χ1n) is 5.40. The molecule has 0 atom stereocenters. The molecule has 0 aliphatic carbocycles. The van der Waals surface area contributed by atoms with E-state index in [-0.39, 0.29) is 11.6 Å². The van der Waals surface area contributed by atoms with Crippen LogP contribution in [0.3, 0.4) is 0 Å². The molecule has 0 fully saturated rings. The van der Waals surface area contributed by atoms with E-state index in [0.29, 0.717) is 23.8 Å². The lowest BCUT2D eigenvalue weighted by Crippen LogP contribution is -2.22. The SMILES string of the molecule is CC(C)Nc1nnc(Cc2ccco2)c(=O)[nH]1. The van der Waals surface area contributed by atoms with Gasteiger partial charge in [0.15, 0.2) is 0 Å². The molecule has 0 saturated heterocycles. The van der Waals surface area contributed by atoms with Crippen LogP contribution in [-0.2, 0) is 6.42 Å². The van der Waals surface area contributed by atoms with Crippen LogP contribution in [0.1, 0.15) is 25.3 Å². The van der Waals surface area contributed by atoms with Gasteiger partial charge in [0.1, 0.15) is 11.5 Å². The number of hydrogen-bond acceptors (Lipinski definition) is 5. The van der Waals surface area contributed by atoms with Crippen LogP contribution in [0.25, 0.3) is 0 Å². The zero-order valence-corrected chi connectivity index (χ0v) is 9.73. The molecular formula is C11H14N4O2. The van der Waals surface area contributed by atoms with Crippen molar-refractivity contribution in [2.24, 2.45) is 0 Å². The number of nitrogens with one attached hydrogen (secondary N) is 2. The van der Waals surface area contributed by atoms with E-state index in [4.69, 9.17) is 4.42 Å². The fourth-order valence-electron chi connectivity index (χ4n) is 1.39. The van der Waals surface area contributed by atoms with Crippen molar-refractivity contribution in [2.75, 3.05) is 5.32 Å². The summed E-state index contributed by atoms with van der Waals surface area (Å²) in [5.41, 5.74) is 0.0915. The highest BCUT2D eigenvalue weighted by Crippen LogP contribution is 2.04. The monoisotopic (exact) mass is 234 g/mol. The molecule has 2 rings (SSSR count). The fraction of sp³-hybridized carbons (Fsp3) is 0.364. The van der Waals surface area contributed by atoms with Crippen LogP contribution in [-0.4, -0.2) is 21.2 Å². The summed E-state index contributed by atoms with van der Waals surface area (Å²) in [6.45, 7) is 3.91. The summed E-state index contributed by atoms with van der Waals surface area (Å²) in [5, 5.41) is 10.8. The lowest BCUT2D eigenvalue weighted by Gasteiger charge is -2.07. The van der Waals surface area contributed by atoms with Crippen molar-refractivity contribution in [3.05, 3.63) is 40.2 Å². The molecule has 0 saturated carbocycles. The molecule has 2 aromatic heterocycles. The number of anilines is 1. The Labute approximate surface area is 98.1 Å². The van der Waals surface area contributed by atoms with Crippen molar-refractivity contribution >= 4 is 5.95 Å². The Bertz CT molecular complexity index is 531. The van der Waals surface area contributed by atoms with Gasteiger partial charge < -0.3 is 9.73 Å². The number of aromatic amines is 1. The third-order valence-electron chi connectivity index (χ3n) is 2.11. The van der Waals surface area contributed by atoms with Crippen LogP contribution < -0.4 is 10.9 Å². The van der Waals surface area contributed by atoms with Gasteiger partial charge in [-0.15, -0.1) is 10.2 Å². The van der Waals surface area contributed by atoms with Gasteiger partial charge in [0, 0.05) is 6.04 Å². The third-order valence-corrected chi connectivity index (χ3v) is 2.11. The number of aromatic nitrogens is 3. The molecule has 6 heteroatoms. The molecule has 0 bridgehead atoms. The van der Waals surface area contributed by atoms with Crippen LogP contribution in [0.2, 0.25) is 0 Å². The molecule has 0 unspecified atom stereocenters. The minimum Gasteiger partial charge on any atom is -0.469 e. The topological polar surface area (TPSA) is 83.8 Å². The lowest BCUT2D eigenvalue weighted by molar-refractivity contribution is 0.517. The third kappa shape index (κ3) is 2.93. The minimum atomic E-state index is -0.250. The summed E-state index contributed by atoms with van der Waals surface area (Å²) < 4.78 is 5.15. The minimum absolute atomic E-state index is 0.191. The highest BCUT2D eigenvalue weighted by atomic mass is 16.3. The van der Waals surface area contributed by atoms with Gasteiger partial charge in [0.05, 0.1) is 12.7 Å². The second-order valence-electron chi connectivity index (χ2n) is 4.00. The maximum Gasteiger partial charge on any atom is 0.274 e. The van der Waals surface area contributed by atoms with Crippen LogP contribution in [0, 0.1) is 0 Å². The molecule has 17 heavy (non-hydrogen) atoms. The van der Waals surface area contributed by atoms with Crippen molar-refractivity contribution in [2.45, 2.75) is 26.3 Å².